The predicted octanol–water partition coefficient (Wildman–Crippen LogP) is 7.61. The van der Waals surface area contributed by atoms with Gasteiger partial charge in [0.25, 0.3) is 0 Å². The number of carbonyl (C=O) groups is 1. The van der Waals surface area contributed by atoms with Crippen LogP contribution in [-0.4, -0.2) is 40.6 Å². The van der Waals surface area contributed by atoms with Crippen LogP contribution < -0.4 is 10.6 Å². The number of piperidine rings is 1. The van der Waals surface area contributed by atoms with Crippen LogP contribution in [0.1, 0.15) is 68.8 Å². The molecule has 0 saturated carbocycles. The van der Waals surface area contributed by atoms with Gasteiger partial charge in [0.15, 0.2) is 0 Å². The van der Waals surface area contributed by atoms with Crippen molar-refractivity contribution < 1.29 is 13.2 Å². The van der Waals surface area contributed by atoms with E-state index < -0.39 is 10.0 Å². The molecule has 2 fully saturated rings. The fourth-order valence-corrected chi connectivity index (χ4v) is 8.58. The van der Waals surface area contributed by atoms with E-state index in [0.717, 1.165) is 54.6 Å². The van der Waals surface area contributed by atoms with Crippen molar-refractivity contribution in [2.24, 2.45) is 5.92 Å². The number of hydrogen-bond donors (Lipinski definition) is 2. The number of nitrogens with zero attached hydrogens (tertiary/aromatic N) is 3. The summed E-state index contributed by atoms with van der Waals surface area (Å²) in [6.07, 6.45) is 4.47. The van der Waals surface area contributed by atoms with Gasteiger partial charge in [-0.15, -0.1) is 0 Å². The van der Waals surface area contributed by atoms with Crippen molar-refractivity contribution in [1.29, 1.82) is 0 Å². The first kappa shape index (κ1) is 31.0. The fourth-order valence-electron chi connectivity index (χ4n) is 6.69. The van der Waals surface area contributed by atoms with Crippen LogP contribution in [-0.2, 0) is 21.9 Å². The third-order valence-electron chi connectivity index (χ3n) is 9.09. The summed E-state index contributed by atoms with van der Waals surface area (Å²) in [4.78, 5) is 13.5. The van der Waals surface area contributed by atoms with Gasteiger partial charge in [0.1, 0.15) is 5.82 Å². The van der Waals surface area contributed by atoms with Gasteiger partial charge in [-0.2, -0.15) is 9.40 Å². The van der Waals surface area contributed by atoms with E-state index in [0.29, 0.717) is 22.3 Å². The molecular formula is C36H43N5O3S. The summed E-state index contributed by atoms with van der Waals surface area (Å²) in [6.45, 7) is 10.3. The molecule has 2 atom stereocenters. The molecule has 4 aromatic rings. The molecule has 6 rings (SSSR count). The number of sulfonamides is 1. The number of aromatic nitrogens is 2. The molecule has 8 nitrogen and oxygen atoms in total. The third kappa shape index (κ3) is 6.70. The lowest BCUT2D eigenvalue weighted by Gasteiger charge is -2.38. The molecule has 2 bridgehead atoms. The van der Waals surface area contributed by atoms with E-state index >= 15 is 0 Å². The number of amides is 2. The van der Waals surface area contributed by atoms with Crippen LogP contribution in [0.2, 0.25) is 0 Å². The second-order valence-electron chi connectivity index (χ2n) is 13.8. The van der Waals surface area contributed by atoms with Crippen molar-refractivity contribution in [1.82, 2.24) is 14.1 Å². The summed E-state index contributed by atoms with van der Waals surface area (Å²) in [5.41, 5.74) is 5.68. The van der Waals surface area contributed by atoms with Gasteiger partial charge in [0.05, 0.1) is 16.3 Å². The number of fused-ring (bicyclic) bond motifs is 2. The molecule has 236 valence electrons. The van der Waals surface area contributed by atoms with Crippen LogP contribution >= 0.6 is 0 Å². The highest BCUT2D eigenvalue weighted by molar-refractivity contribution is 7.89. The van der Waals surface area contributed by atoms with Crippen molar-refractivity contribution in [3.8, 4) is 5.69 Å². The molecule has 0 aliphatic carbocycles. The standard InChI is InChI=1S/C36H43N5O3S/c1-24-6-14-29(15-7-24)40-34(23-33(39-40)36(3,4)5)38-35(42)37-28-12-10-26(11-13-28)20-27-21-30-16-17-31(22-27)41(30)45(43,44)32-18-8-25(2)9-19-32/h6-15,18-19,23,27,30-31H,16-17,20-22H2,1-5H3,(H2,37,38,42). The number of aryl methyl sites for hydroxylation is 2. The summed E-state index contributed by atoms with van der Waals surface area (Å²) in [6, 6.07) is 24.9. The summed E-state index contributed by atoms with van der Waals surface area (Å²) in [5.74, 6) is 1.02. The molecule has 2 saturated heterocycles. The topological polar surface area (TPSA) is 96.3 Å². The van der Waals surface area contributed by atoms with Gasteiger partial charge < -0.3 is 5.32 Å². The minimum Gasteiger partial charge on any atom is -0.308 e. The molecule has 2 aliphatic rings. The highest BCUT2D eigenvalue weighted by atomic mass is 32.2. The first-order valence-corrected chi connectivity index (χ1v) is 17.3. The van der Waals surface area contributed by atoms with Gasteiger partial charge in [-0.3, -0.25) is 5.32 Å². The molecule has 1 aromatic heterocycles. The number of nitrogens with one attached hydrogen (secondary N) is 2. The van der Waals surface area contributed by atoms with Crippen LogP contribution in [0, 0.1) is 19.8 Å². The molecule has 0 radical (unpaired) electrons. The van der Waals surface area contributed by atoms with E-state index in [9.17, 15) is 13.2 Å². The summed E-state index contributed by atoms with van der Waals surface area (Å²) in [5, 5.41) is 10.7. The van der Waals surface area contributed by atoms with Gasteiger partial charge in [-0.25, -0.2) is 17.9 Å². The monoisotopic (exact) mass is 625 g/mol. The quantitative estimate of drug-likeness (QED) is 0.221. The van der Waals surface area contributed by atoms with E-state index in [1.54, 1.807) is 21.1 Å². The number of hydrogen-bond acceptors (Lipinski definition) is 4. The number of benzene rings is 3. The fraction of sp³-hybridized carbons (Fsp3) is 0.389. The minimum atomic E-state index is -3.50. The Balaban J connectivity index is 1.08. The largest absolute Gasteiger partial charge is 0.324 e. The molecule has 2 N–H and O–H groups in total. The highest BCUT2D eigenvalue weighted by Crippen LogP contribution is 2.43. The number of carbonyl (C=O) groups excluding carboxylic acids is 1. The Morgan fingerprint density at radius 2 is 1.42 bits per heavy atom. The molecular weight excluding hydrogens is 582 g/mol. The maximum atomic E-state index is 13.5. The second-order valence-corrected chi connectivity index (χ2v) is 15.6. The minimum absolute atomic E-state index is 0.0526. The van der Waals surface area contributed by atoms with E-state index in [1.165, 1.54) is 5.56 Å². The van der Waals surface area contributed by atoms with Gasteiger partial charge in [-0.1, -0.05) is 68.3 Å². The first-order valence-electron chi connectivity index (χ1n) is 15.8. The van der Waals surface area contributed by atoms with E-state index in [-0.39, 0.29) is 23.5 Å². The maximum absolute atomic E-state index is 13.5. The lowest BCUT2D eigenvalue weighted by atomic mass is 9.87. The Kier molecular flexibility index (Phi) is 8.35. The Morgan fingerprint density at radius 3 is 2.00 bits per heavy atom. The average molecular weight is 626 g/mol. The van der Waals surface area contributed by atoms with Crippen molar-refractivity contribution in [3.05, 3.63) is 101 Å². The van der Waals surface area contributed by atoms with Crippen molar-refractivity contribution >= 4 is 27.6 Å². The second kappa shape index (κ2) is 12.1. The molecule has 3 aromatic carbocycles. The number of rotatable bonds is 7. The SMILES string of the molecule is Cc1ccc(-n2nc(C(C)(C)C)cc2NC(=O)Nc2ccc(CC3CC4CCC(C3)N4S(=O)(=O)c3ccc(C)cc3)cc2)cc1. The lowest BCUT2D eigenvalue weighted by Crippen LogP contribution is -2.46. The van der Waals surface area contributed by atoms with Crippen LogP contribution in [0.3, 0.4) is 0 Å². The van der Waals surface area contributed by atoms with Crippen molar-refractivity contribution in [3.63, 3.8) is 0 Å². The molecule has 0 spiro atoms. The van der Waals surface area contributed by atoms with E-state index in [1.807, 2.05) is 68.4 Å². The van der Waals surface area contributed by atoms with E-state index in [2.05, 4.69) is 43.5 Å². The average Bonchev–Trinajstić information content (AvgIpc) is 3.54. The Hall–Kier alpha value is -3.95. The van der Waals surface area contributed by atoms with Gasteiger partial charge in [0, 0.05) is 29.3 Å². The Morgan fingerprint density at radius 1 is 0.844 bits per heavy atom. The number of anilines is 2. The molecule has 45 heavy (non-hydrogen) atoms. The Bertz CT molecular complexity index is 1760. The van der Waals surface area contributed by atoms with Gasteiger partial charge >= 0.3 is 6.03 Å². The molecule has 2 amide bonds. The molecule has 9 heteroatoms. The van der Waals surface area contributed by atoms with Crippen LogP contribution in [0.25, 0.3) is 5.69 Å². The highest BCUT2D eigenvalue weighted by Gasteiger charge is 2.47. The van der Waals surface area contributed by atoms with Crippen molar-refractivity contribution in [2.75, 3.05) is 10.6 Å². The first-order chi connectivity index (χ1) is 21.4. The van der Waals surface area contributed by atoms with E-state index in [4.69, 9.17) is 5.10 Å². The molecule has 2 aliphatic heterocycles. The number of urea groups is 1. The molecule has 3 heterocycles. The zero-order valence-corrected chi connectivity index (χ0v) is 27.6. The zero-order valence-electron chi connectivity index (χ0n) is 26.7. The lowest BCUT2D eigenvalue weighted by molar-refractivity contribution is 0.190. The third-order valence-corrected chi connectivity index (χ3v) is 11.1. The zero-order chi connectivity index (χ0) is 31.9. The summed E-state index contributed by atoms with van der Waals surface area (Å²) >= 11 is 0. The smallest absolute Gasteiger partial charge is 0.308 e. The Labute approximate surface area is 266 Å². The summed E-state index contributed by atoms with van der Waals surface area (Å²) < 4.78 is 30.6. The van der Waals surface area contributed by atoms with Gasteiger partial charge in [0.2, 0.25) is 10.0 Å². The van der Waals surface area contributed by atoms with Gasteiger partial charge in [-0.05, 0) is 93.8 Å². The van der Waals surface area contributed by atoms with Crippen LogP contribution in [0.15, 0.2) is 83.8 Å². The maximum Gasteiger partial charge on any atom is 0.324 e. The van der Waals surface area contributed by atoms with Crippen LogP contribution in [0.4, 0.5) is 16.3 Å². The molecule has 2 unspecified atom stereocenters. The van der Waals surface area contributed by atoms with Crippen LogP contribution in [0.5, 0.6) is 0 Å². The normalized spacial score (nSPS) is 20.2. The van der Waals surface area contributed by atoms with Crippen molar-refractivity contribution in [2.45, 2.75) is 89.1 Å². The predicted molar refractivity (Wildman–Crippen MR) is 180 cm³/mol. The summed E-state index contributed by atoms with van der Waals surface area (Å²) in [7, 11) is -3.50.